The molecule has 2 N–H and O–H groups in total. The van der Waals surface area contributed by atoms with E-state index in [4.69, 9.17) is 5.73 Å². The van der Waals surface area contributed by atoms with Crippen LogP contribution in [0.5, 0.6) is 0 Å². The van der Waals surface area contributed by atoms with Gasteiger partial charge in [-0.3, -0.25) is 20.1 Å². The normalized spacial score (nSPS) is 10.5. The predicted molar refractivity (Wildman–Crippen MR) is 78.6 cm³/mol. The first kappa shape index (κ1) is 14.3. The summed E-state index contributed by atoms with van der Waals surface area (Å²) in [6, 6.07) is 1.82. The van der Waals surface area contributed by atoms with E-state index in [0.29, 0.717) is 28.3 Å². The highest BCUT2D eigenvalue weighted by atomic mass is 32.2. The molecular weight excluding hydrogens is 276 g/mol. The van der Waals surface area contributed by atoms with Crippen LogP contribution >= 0.6 is 11.8 Å². The lowest BCUT2D eigenvalue weighted by molar-refractivity contribution is -0.386. The second-order valence-corrected chi connectivity index (χ2v) is 5.34. The third-order valence-corrected chi connectivity index (χ3v) is 4.03. The first-order chi connectivity index (χ1) is 9.50. The van der Waals surface area contributed by atoms with Gasteiger partial charge in [-0.15, -0.1) is 11.8 Å². The number of hydrogen-bond acceptors (Lipinski definition) is 6. The Bertz CT molecular complexity index is 661. The van der Waals surface area contributed by atoms with Gasteiger partial charge in [0.15, 0.2) is 0 Å². The van der Waals surface area contributed by atoms with Crippen LogP contribution in [0.25, 0.3) is 0 Å². The van der Waals surface area contributed by atoms with Crippen LogP contribution in [0.1, 0.15) is 16.8 Å². The van der Waals surface area contributed by atoms with Gasteiger partial charge < -0.3 is 5.73 Å². The second-order valence-electron chi connectivity index (χ2n) is 4.32. The number of pyridine rings is 2. The predicted octanol–water partition coefficient (Wildman–Crippen LogP) is 2.88. The molecule has 0 aliphatic heterocycles. The van der Waals surface area contributed by atoms with Gasteiger partial charge in [-0.2, -0.15) is 0 Å². The summed E-state index contributed by atoms with van der Waals surface area (Å²) < 4.78 is 0. The van der Waals surface area contributed by atoms with Crippen LogP contribution in [0.3, 0.4) is 0 Å². The first-order valence-corrected chi connectivity index (χ1v) is 6.91. The van der Waals surface area contributed by atoms with E-state index >= 15 is 0 Å². The Morgan fingerprint density at radius 2 is 2.15 bits per heavy atom. The highest BCUT2D eigenvalue weighted by Crippen LogP contribution is 2.30. The van der Waals surface area contributed by atoms with Gasteiger partial charge in [-0.25, -0.2) is 0 Å². The smallest absolute Gasteiger partial charge is 0.278 e. The minimum Gasteiger partial charge on any atom is -0.397 e. The van der Waals surface area contributed by atoms with Crippen LogP contribution in [0.2, 0.25) is 0 Å². The summed E-state index contributed by atoms with van der Waals surface area (Å²) in [5, 5.41) is 11.1. The molecule has 104 valence electrons. The van der Waals surface area contributed by atoms with Crippen molar-refractivity contribution in [2.75, 3.05) is 5.73 Å². The topological polar surface area (TPSA) is 94.9 Å². The highest BCUT2D eigenvalue weighted by molar-refractivity contribution is 7.98. The molecule has 0 atom stereocenters. The second kappa shape index (κ2) is 5.87. The van der Waals surface area contributed by atoms with Crippen molar-refractivity contribution in [3.8, 4) is 0 Å². The van der Waals surface area contributed by atoms with Crippen LogP contribution < -0.4 is 5.73 Å². The Morgan fingerprint density at radius 1 is 1.40 bits per heavy atom. The van der Waals surface area contributed by atoms with Crippen molar-refractivity contribution in [1.82, 2.24) is 9.97 Å². The molecule has 0 aliphatic carbocycles. The van der Waals surface area contributed by atoms with Gasteiger partial charge in [-0.1, -0.05) is 0 Å². The van der Waals surface area contributed by atoms with E-state index in [9.17, 15) is 10.1 Å². The van der Waals surface area contributed by atoms with E-state index in [1.807, 2.05) is 6.07 Å². The van der Waals surface area contributed by atoms with E-state index in [0.717, 1.165) is 4.90 Å². The fourth-order valence-electron chi connectivity index (χ4n) is 1.86. The zero-order chi connectivity index (χ0) is 14.7. The van der Waals surface area contributed by atoms with Crippen molar-refractivity contribution < 1.29 is 4.92 Å². The molecule has 2 aromatic heterocycles. The fourth-order valence-corrected chi connectivity index (χ4v) is 2.82. The lowest BCUT2D eigenvalue weighted by Gasteiger charge is -2.08. The maximum atomic E-state index is 11.1. The van der Waals surface area contributed by atoms with Crippen LogP contribution in [0, 0.1) is 24.0 Å². The monoisotopic (exact) mass is 290 g/mol. The van der Waals surface area contributed by atoms with E-state index < -0.39 is 0 Å². The number of thioether (sulfide) groups is 1. The highest BCUT2D eigenvalue weighted by Gasteiger charge is 2.18. The molecule has 0 spiro atoms. The van der Waals surface area contributed by atoms with Crippen LogP contribution in [0.15, 0.2) is 29.6 Å². The minimum absolute atomic E-state index is 0.137. The third kappa shape index (κ3) is 2.88. The average molecular weight is 290 g/mol. The number of nitrogens with two attached hydrogens (primary N) is 1. The molecule has 2 rings (SSSR count). The van der Waals surface area contributed by atoms with Crippen molar-refractivity contribution in [2.45, 2.75) is 24.5 Å². The zero-order valence-electron chi connectivity index (χ0n) is 11.2. The van der Waals surface area contributed by atoms with Gasteiger partial charge >= 0.3 is 0 Å². The number of nitro groups is 1. The summed E-state index contributed by atoms with van der Waals surface area (Å²) in [5.74, 6) is 0.529. The molecule has 7 heteroatoms. The summed E-state index contributed by atoms with van der Waals surface area (Å²) in [6.07, 6.45) is 4.79. The number of aryl methyl sites for hydroxylation is 1. The molecule has 0 saturated heterocycles. The van der Waals surface area contributed by atoms with Crippen molar-refractivity contribution in [1.29, 1.82) is 0 Å². The van der Waals surface area contributed by atoms with Crippen LogP contribution in [-0.4, -0.2) is 14.9 Å². The van der Waals surface area contributed by atoms with E-state index in [2.05, 4.69) is 9.97 Å². The molecule has 20 heavy (non-hydrogen) atoms. The molecule has 0 radical (unpaired) electrons. The van der Waals surface area contributed by atoms with Gasteiger partial charge in [0.25, 0.3) is 5.69 Å². The maximum absolute atomic E-state index is 11.1. The van der Waals surface area contributed by atoms with Crippen LogP contribution in [0.4, 0.5) is 11.4 Å². The molecule has 2 aromatic rings. The Kier molecular flexibility index (Phi) is 4.19. The van der Waals surface area contributed by atoms with Gasteiger partial charge in [-0.05, 0) is 19.9 Å². The lowest BCUT2D eigenvalue weighted by atomic mass is 10.1. The molecular formula is C13H14N4O2S. The number of nitrogen functional groups attached to an aromatic ring is 1. The minimum atomic E-state index is -0.360. The molecule has 0 unspecified atom stereocenters. The Labute approximate surface area is 120 Å². The zero-order valence-corrected chi connectivity index (χ0v) is 12.0. The molecule has 6 nitrogen and oxygen atoms in total. The Balaban J connectivity index is 2.25. The fraction of sp³-hybridized carbons (Fsp3) is 0.231. The van der Waals surface area contributed by atoms with Gasteiger partial charge in [0.2, 0.25) is 0 Å². The molecule has 0 bridgehead atoms. The van der Waals surface area contributed by atoms with Crippen molar-refractivity contribution in [2.24, 2.45) is 0 Å². The number of hydrogen-bond donors (Lipinski definition) is 1. The number of anilines is 1. The largest absolute Gasteiger partial charge is 0.397 e. The quantitative estimate of drug-likeness (QED) is 0.528. The summed E-state index contributed by atoms with van der Waals surface area (Å²) in [5.41, 5.74) is 8.42. The molecule has 0 aliphatic rings. The van der Waals surface area contributed by atoms with Crippen molar-refractivity contribution in [3.05, 3.63) is 51.6 Å². The van der Waals surface area contributed by atoms with Crippen molar-refractivity contribution in [3.63, 3.8) is 0 Å². The number of nitrogens with zero attached hydrogens (tertiary/aromatic N) is 3. The molecule has 0 saturated carbocycles. The summed E-state index contributed by atoms with van der Waals surface area (Å²) in [4.78, 5) is 19.8. The molecule has 0 amide bonds. The van der Waals surface area contributed by atoms with Gasteiger partial charge in [0, 0.05) is 34.2 Å². The van der Waals surface area contributed by atoms with E-state index in [-0.39, 0.29) is 10.6 Å². The van der Waals surface area contributed by atoms with E-state index in [1.165, 1.54) is 18.0 Å². The lowest BCUT2D eigenvalue weighted by Crippen LogP contribution is -2.01. The number of aromatic nitrogens is 2. The van der Waals surface area contributed by atoms with Crippen LogP contribution in [-0.2, 0) is 5.75 Å². The number of rotatable bonds is 4. The first-order valence-electron chi connectivity index (χ1n) is 5.92. The average Bonchev–Trinajstić information content (AvgIpc) is 2.39. The Morgan fingerprint density at radius 3 is 2.80 bits per heavy atom. The summed E-state index contributed by atoms with van der Waals surface area (Å²) in [7, 11) is 0. The summed E-state index contributed by atoms with van der Waals surface area (Å²) >= 11 is 1.49. The summed E-state index contributed by atoms with van der Waals surface area (Å²) in [6.45, 7) is 3.42. The third-order valence-electron chi connectivity index (χ3n) is 2.93. The van der Waals surface area contributed by atoms with Gasteiger partial charge in [0.1, 0.15) is 0 Å². The van der Waals surface area contributed by atoms with Crippen molar-refractivity contribution >= 4 is 23.1 Å². The molecule has 2 heterocycles. The molecule has 0 aromatic carbocycles. The van der Waals surface area contributed by atoms with E-state index in [1.54, 1.807) is 26.2 Å². The molecule has 0 fully saturated rings. The maximum Gasteiger partial charge on any atom is 0.278 e. The standard InChI is InChI=1S/C13H14N4O2S/c1-8-5-16-11(9(2)13(8)17(18)19)7-20-12-3-4-15-6-10(12)14/h3-6H,7,14H2,1-2H3. The van der Waals surface area contributed by atoms with Gasteiger partial charge in [0.05, 0.1) is 22.5 Å². The Hall–Kier alpha value is -2.15. The SMILES string of the molecule is Cc1cnc(CSc2ccncc2N)c(C)c1[N+](=O)[O-].